The second-order valence-electron chi connectivity index (χ2n) is 6.08. The van der Waals surface area contributed by atoms with Gasteiger partial charge in [0.05, 0.1) is 18.7 Å². The molecule has 2 aromatic carbocycles. The van der Waals surface area contributed by atoms with Crippen molar-refractivity contribution >= 4 is 11.8 Å². The number of hydrogen-bond donors (Lipinski definition) is 2. The Kier molecular flexibility index (Phi) is 5.99. The van der Waals surface area contributed by atoms with Crippen molar-refractivity contribution < 1.29 is 9.59 Å². The minimum Gasteiger partial charge on any atom is -0.355 e. The molecule has 0 radical (unpaired) electrons. The van der Waals surface area contributed by atoms with Crippen molar-refractivity contribution in [2.24, 2.45) is 0 Å². The van der Waals surface area contributed by atoms with E-state index in [1.54, 1.807) is 10.9 Å². The van der Waals surface area contributed by atoms with Gasteiger partial charge in [-0.2, -0.15) is 5.10 Å². The summed E-state index contributed by atoms with van der Waals surface area (Å²) in [6, 6.07) is 19.5. The van der Waals surface area contributed by atoms with Crippen LogP contribution in [0.25, 0.3) is 11.3 Å². The average Bonchev–Trinajstić information content (AvgIpc) is 3.12. The molecule has 6 heteroatoms. The molecule has 3 aromatic rings. The van der Waals surface area contributed by atoms with Crippen LogP contribution in [0.15, 0.2) is 66.9 Å². The van der Waals surface area contributed by atoms with Gasteiger partial charge in [-0.25, -0.2) is 0 Å². The van der Waals surface area contributed by atoms with Crippen LogP contribution in [0.5, 0.6) is 0 Å². The van der Waals surface area contributed by atoms with Crippen molar-refractivity contribution in [1.29, 1.82) is 0 Å². The van der Waals surface area contributed by atoms with Crippen LogP contribution in [0.1, 0.15) is 22.8 Å². The number of aromatic nitrogens is 2. The monoisotopic (exact) mass is 362 g/mol. The van der Waals surface area contributed by atoms with E-state index >= 15 is 0 Å². The molecule has 1 heterocycles. The maximum absolute atomic E-state index is 12.7. The summed E-state index contributed by atoms with van der Waals surface area (Å²) in [6.45, 7) is 2.86. The molecule has 138 valence electrons. The van der Waals surface area contributed by atoms with Crippen molar-refractivity contribution in [2.75, 3.05) is 13.1 Å². The molecule has 0 spiro atoms. The van der Waals surface area contributed by atoms with Gasteiger partial charge in [0.1, 0.15) is 5.69 Å². The van der Waals surface area contributed by atoms with Gasteiger partial charge in [-0.05, 0) is 12.5 Å². The molecular weight excluding hydrogens is 340 g/mol. The number of carbonyl (C=O) groups is 2. The SMILES string of the molecule is CCNC(=O)CNC(=O)c1cn(Cc2ccccc2)nc1-c1ccccc1. The third-order valence-corrected chi connectivity index (χ3v) is 4.02. The number of nitrogens with one attached hydrogen (secondary N) is 2. The lowest BCUT2D eigenvalue weighted by atomic mass is 10.1. The lowest BCUT2D eigenvalue weighted by Gasteiger charge is -2.05. The fourth-order valence-electron chi connectivity index (χ4n) is 2.76. The van der Waals surface area contributed by atoms with E-state index in [2.05, 4.69) is 15.7 Å². The minimum absolute atomic E-state index is 0.0647. The van der Waals surface area contributed by atoms with Crippen LogP contribution in [-0.4, -0.2) is 34.7 Å². The predicted octanol–water partition coefficient (Wildman–Crippen LogP) is 2.46. The predicted molar refractivity (Wildman–Crippen MR) is 104 cm³/mol. The van der Waals surface area contributed by atoms with Crippen LogP contribution < -0.4 is 10.6 Å². The van der Waals surface area contributed by atoms with E-state index in [0.717, 1.165) is 11.1 Å². The highest BCUT2D eigenvalue weighted by atomic mass is 16.2. The largest absolute Gasteiger partial charge is 0.355 e. The first kappa shape index (κ1) is 18.4. The fraction of sp³-hybridized carbons (Fsp3) is 0.190. The molecule has 0 aliphatic rings. The van der Waals surface area contributed by atoms with Gasteiger partial charge in [0.2, 0.25) is 5.91 Å². The zero-order valence-electron chi connectivity index (χ0n) is 15.2. The first-order valence-corrected chi connectivity index (χ1v) is 8.89. The van der Waals surface area contributed by atoms with Crippen molar-refractivity contribution in [3.8, 4) is 11.3 Å². The van der Waals surface area contributed by atoms with Gasteiger partial charge < -0.3 is 10.6 Å². The maximum atomic E-state index is 12.7. The molecule has 3 rings (SSSR count). The van der Waals surface area contributed by atoms with Gasteiger partial charge in [-0.15, -0.1) is 0 Å². The molecule has 2 N–H and O–H groups in total. The highest BCUT2D eigenvalue weighted by Gasteiger charge is 2.18. The Morgan fingerprint density at radius 2 is 1.63 bits per heavy atom. The number of amides is 2. The third-order valence-electron chi connectivity index (χ3n) is 4.02. The molecule has 2 amide bonds. The number of benzene rings is 2. The number of carbonyl (C=O) groups excluding carboxylic acids is 2. The average molecular weight is 362 g/mol. The van der Waals surface area contributed by atoms with Crippen LogP contribution in [-0.2, 0) is 11.3 Å². The Labute approximate surface area is 158 Å². The van der Waals surface area contributed by atoms with Crippen LogP contribution in [0.3, 0.4) is 0 Å². The smallest absolute Gasteiger partial charge is 0.255 e. The lowest BCUT2D eigenvalue weighted by Crippen LogP contribution is -2.36. The quantitative estimate of drug-likeness (QED) is 0.678. The normalized spacial score (nSPS) is 10.4. The summed E-state index contributed by atoms with van der Waals surface area (Å²) in [5.74, 6) is -0.539. The Balaban J connectivity index is 1.86. The molecule has 0 atom stereocenters. The lowest BCUT2D eigenvalue weighted by molar-refractivity contribution is -0.120. The molecule has 0 saturated carbocycles. The van der Waals surface area contributed by atoms with Crippen molar-refractivity contribution in [1.82, 2.24) is 20.4 Å². The molecule has 6 nitrogen and oxygen atoms in total. The third kappa shape index (κ3) is 4.82. The van der Waals surface area contributed by atoms with E-state index in [1.165, 1.54) is 0 Å². The highest BCUT2D eigenvalue weighted by Crippen LogP contribution is 2.22. The van der Waals surface area contributed by atoms with Gasteiger partial charge in [0, 0.05) is 18.3 Å². The fourth-order valence-corrected chi connectivity index (χ4v) is 2.76. The molecule has 0 aliphatic heterocycles. The molecular formula is C21H22N4O2. The van der Waals surface area contributed by atoms with E-state index in [0.29, 0.717) is 24.3 Å². The molecule has 0 bridgehead atoms. The van der Waals surface area contributed by atoms with Crippen LogP contribution in [0.4, 0.5) is 0 Å². The van der Waals surface area contributed by atoms with E-state index in [-0.39, 0.29) is 18.4 Å². The maximum Gasteiger partial charge on any atom is 0.255 e. The molecule has 0 fully saturated rings. The van der Waals surface area contributed by atoms with Crippen molar-refractivity contribution in [3.63, 3.8) is 0 Å². The molecule has 0 aliphatic carbocycles. The van der Waals surface area contributed by atoms with Crippen LogP contribution in [0.2, 0.25) is 0 Å². The summed E-state index contributed by atoms with van der Waals surface area (Å²) in [5, 5.41) is 9.94. The number of likely N-dealkylation sites (N-methyl/N-ethyl adjacent to an activating group) is 1. The van der Waals surface area contributed by atoms with E-state index in [1.807, 2.05) is 67.6 Å². The Bertz CT molecular complexity index is 904. The Hall–Kier alpha value is -3.41. The van der Waals surface area contributed by atoms with E-state index in [9.17, 15) is 9.59 Å². The van der Waals surface area contributed by atoms with Gasteiger partial charge >= 0.3 is 0 Å². The van der Waals surface area contributed by atoms with Gasteiger partial charge in [-0.1, -0.05) is 60.7 Å². The first-order valence-electron chi connectivity index (χ1n) is 8.89. The highest BCUT2D eigenvalue weighted by molar-refractivity contribution is 6.01. The Morgan fingerprint density at radius 3 is 2.30 bits per heavy atom. The van der Waals surface area contributed by atoms with E-state index in [4.69, 9.17) is 0 Å². The summed E-state index contributed by atoms with van der Waals surface area (Å²) in [4.78, 5) is 24.3. The Morgan fingerprint density at radius 1 is 0.963 bits per heavy atom. The zero-order valence-corrected chi connectivity index (χ0v) is 15.2. The molecule has 0 unspecified atom stereocenters. The summed E-state index contributed by atoms with van der Waals surface area (Å²) >= 11 is 0. The summed E-state index contributed by atoms with van der Waals surface area (Å²) in [5.41, 5.74) is 2.99. The minimum atomic E-state index is -0.320. The van der Waals surface area contributed by atoms with Crippen LogP contribution >= 0.6 is 0 Å². The van der Waals surface area contributed by atoms with E-state index < -0.39 is 0 Å². The second kappa shape index (κ2) is 8.80. The number of hydrogen-bond acceptors (Lipinski definition) is 3. The summed E-state index contributed by atoms with van der Waals surface area (Å²) in [7, 11) is 0. The number of rotatable bonds is 7. The number of nitrogens with zero attached hydrogens (tertiary/aromatic N) is 2. The van der Waals surface area contributed by atoms with Crippen molar-refractivity contribution in [2.45, 2.75) is 13.5 Å². The van der Waals surface area contributed by atoms with Gasteiger partial charge in [0.15, 0.2) is 0 Å². The van der Waals surface area contributed by atoms with Gasteiger partial charge in [-0.3, -0.25) is 14.3 Å². The van der Waals surface area contributed by atoms with Crippen molar-refractivity contribution in [3.05, 3.63) is 78.0 Å². The first-order chi connectivity index (χ1) is 13.2. The molecule has 27 heavy (non-hydrogen) atoms. The topological polar surface area (TPSA) is 76.0 Å². The van der Waals surface area contributed by atoms with Gasteiger partial charge in [0.25, 0.3) is 5.91 Å². The molecule has 1 aromatic heterocycles. The zero-order chi connectivity index (χ0) is 19.1. The molecule has 0 saturated heterocycles. The van der Waals surface area contributed by atoms with Crippen LogP contribution in [0, 0.1) is 0 Å². The standard InChI is InChI=1S/C21H22N4O2/c1-2-22-19(26)13-23-21(27)18-15-25(14-16-9-5-3-6-10-16)24-20(18)17-11-7-4-8-12-17/h3-12,15H,2,13-14H2,1H3,(H,22,26)(H,23,27). The summed E-state index contributed by atoms with van der Waals surface area (Å²) in [6.07, 6.45) is 1.72. The second-order valence-corrected chi connectivity index (χ2v) is 6.08. The summed E-state index contributed by atoms with van der Waals surface area (Å²) < 4.78 is 1.75.